The van der Waals surface area contributed by atoms with Crippen molar-refractivity contribution in [1.82, 2.24) is 9.62 Å². The molecule has 11 heteroatoms. The van der Waals surface area contributed by atoms with Crippen LogP contribution in [-0.2, 0) is 30.8 Å². The maximum atomic E-state index is 13.7. The van der Waals surface area contributed by atoms with E-state index in [0.29, 0.717) is 18.9 Å². The number of carbonyl (C=O) groups excluding carboxylic acids is 1. The number of alkyl halides is 1. The van der Waals surface area contributed by atoms with Gasteiger partial charge in [-0.15, -0.1) is 0 Å². The van der Waals surface area contributed by atoms with Crippen LogP contribution in [0.3, 0.4) is 0 Å². The van der Waals surface area contributed by atoms with Gasteiger partial charge in [0.05, 0.1) is 0 Å². The molecule has 2 aromatic carbocycles. The molecule has 0 bridgehead atoms. The molecule has 2 fully saturated rings. The monoisotopic (exact) mass is 687 g/mol. The van der Waals surface area contributed by atoms with Crippen molar-refractivity contribution in [2.45, 2.75) is 67.0 Å². The average Bonchev–Trinajstić information content (AvgIpc) is 3.51. The summed E-state index contributed by atoms with van der Waals surface area (Å²) in [5, 5.41) is 14.3. The van der Waals surface area contributed by atoms with E-state index in [9.17, 15) is 18.3 Å². The third-order valence-electron chi connectivity index (χ3n) is 7.08. The Balaban J connectivity index is 1.49. The molecule has 1 unspecified atom stereocenters. The van der Waals surface area contributed by atoms with Crippen molar-refractivity contribution in [2.24, 2.45) is 11.8 Å². The fraction of sp³-hybridized carbons (Fsp3) is 0.552. The van der Waals surface area contributed by atoms with Gasteiger partial charge in [-0.05, 0) is 0 Å². The van der Waals surface area contributed by atoms with Crippen LogP contribution in [-0.4, -0.2) is 73.1 Å². The number of carbonyl (C=O) groups is 1. The second-order valence-electron chi connectivity index (χ2n) is 10.8. The van der Waals surface area contributed by atoms with Crippen LogP contribution in [0.4, 0.5) is 4.79 Å². The number of alkyl carbamates (subject to hydrolysis) is 1. The molecule has 2 aliphatic rings. The minimum absolute atomic E-state index is 0.0268. The average molecular weight is 688 g/mol. The van der Waals surface area contributed by atoms with E-state index in [-0.39, 0.29) is 36.1 Å². The summed E-state index contributed by atoms with van der Waals surface area (Å²) in [7, 11) is -2.31. The Bertz CT molecular complexity index is 1180. The number of hydrogen-bond donors (Lipinski definition) is 2. The third kappa shape index (κ3) is 8.39. The van der Waals surface area contributed by atoms with Crippen LogP contribution < -0.4 is 26.5 Å². The molecule has 0 aromatic heterocycles. The van der Waals surface area contributed by atoms with Crippen molar-refractivity contribution in [3.8, 4) is 0 Å². The third-order valence-corrected chi connectivity index (χ3v) is 12.2. The van der Waals surface area contributed by atoms with E-state index in [2.05, 4.69) is 5.32 Å². The Labute approximate surface area is 247 Å². The van der Waals surface area contributed by atoms with E-state index in [4.69, 9.17) is 14.2 Å². The van der Waals surface area contributed by atoms with Gasteiger partial charge in [0.2, 0.25) is 0 Å². The van der Waals surface area contributed by atoms with E-state index in [0.717, 1.165) is 28.6 Å². The van der Waals surface area contributed by atoms with Gasteiger partial charge in [0.1, 0.15) is 0 Å². The van der Waals surface area contributed by atoms with E-state index in [1.807, 2.05) is 44.2 Å². The van der Waals surface area contributed by atoms with Gasteiger partial charge in [-0.3, -0.25) is 0 Å². The molecule has 40 heavy (non-hydrogen) atoms. The summed E-state index contributed by atoms with van der Waals surface area (Å²) in [5.74, 6) is 0.452. The van der Waals surface area contributed by atoms with Crippen LogP contribution in [0.25, 0.3) is 0 Å². The van der Waals surface area contributed by atoms with E-state index >= 15 is 0 Å². The first-order valence-electron chi connectivity index (χ1n) is 13.7. The quantitative estimate of drug-likeness (QED) is 0.178. The van der Waals surface area contributed by atoms with Crippen molar-refractivity contribution in [3.63, 3.8) is 0 Å². The normalized spacial score (nSPS) is 22.4. The van der Waals surface area contributed by atoms with Crippen LogP contribution in [0.5, 0.6) is 0 Å². The number of amides is 1. The number of methoxy groups -OCH3 is 1. The van der Waals surface area contributed by atoms with Gasteiger partial charge in [0.25, 0.3) is 0 Å². The number of hydrogen-bond acceptors (Lipinski definition) is 7. The van der Waals surface area contributed by atoms with E-state index < -0.39 is 47.5 Å². The Hall–Kier alpha value is -1.77. The van der Waals surface area contributed by atoms with Crippen molar-refractivity contribution >= 4 is 16.1 Å². The number of sulfonamides is 1. The summed E-state index contributed by atoms with van der Waals surface area (Å²) in [6.45, 7) is 5.08. The minimum atomic E-state index is -3.90. The zero-order valence-corrected chi connectivity index (χ0v) is 26.2. The number of aliphatic hydroxyl groups excluding tert-OH is 1. The zero-order valence-electron chi connectivity index (χ0n) is 23.2. The fourth-order valence-electron chi connectivity index (χ4n) is 5.18. The van der Waals surface area contributed by atoms with Crippen molar-refractivity contribution in [3.05, 3.63) is 63.7 Å². The molecule has 1 amide bonds. The van der Waals surface area contributed by atoms with Gasteiger partial charge in [0.15, 0.2) is 0 Å². The molecule has 1 aliphatic heterocycles. The summed E-state index contributed by atoms with van der Waals surface area (Å²) < 4.78 is 45.6. The second-order valence-corrected chi connectivity index (χ2v) is 15.9. The predicted octanol–water partition coefficient (Wildman–Crippen LogP) is 0.419. The number of ether oxygens (including phenoxy) is 3. The number of fused-ring (bicyclic) bond motifs is 1. The Morgan fingerprint density at radius 1 is 1.12 bits per heavy atom. The molecule has 222 valence electrons. The molecule has 1 heterocycles. The Morgan fingerprint density at radius 3 is 2.50 bits per heavy atom. The molecule has 2 aromatic rings. The van der Waals surface area contributed by atoms with Gasteiger partial charge in [-0.1, -0.05) is 0 Å². The summed E-state index contributed by atoms with van der Waals surface area (Å²) in [4.78, 5) is 13.1. The molecule has 5 atom stereocenters. The van der Waals surface area contributed by atoms with E-state index in [1.165, 1.54) is 4.31 Å². The second kappa shape index (κ2) is 14.4. The van der Waals surface area contributed by atoms with Gasteiger partial charge < -0.3 is 0 Å². The number of halogens is 1. The SMILES string of the molecule is COCc1ccc(S(=O)(=O)N(CC(C)C)C[C@@H](O)[C@@H](NC(=O)O[C@@H]2CC3CCO[C@@H]3C2)[I-]c2ccccc2)cc1. The molecule has 1 saturated carbocycles. The van der Waals surface area contributed by atoms with Crippen LogP contribution in [0, 0.1) is 15.4 Å². The van der Waals surface area contributed by atoms with Crippen LogP contribution in [0.1, 0.15) is 38.7 Å². The molecule has 9 nitrogen and oxygen atoms in total. The van der Waals surface area contributed by atoms with Gasteiger partial charge in [-0.25, -0.2) is 0 Å². The first-order chi connectivity index (χ1) is 19.2. The molecular formula is C29H40IN2O7S-. The predicted molar refractivity (Wildman–Crippen MR) is 146 cm³/mol. The molecule has 1 saturated heterocycles. The number of rotatable bonds is 13. The molecular weight excluding hydrogens is 647 g/mol. The van der Waals surface area contributed by atoms with Crippen LogP contribution in [0.2, 0.25) is 0 Å². The van der Waals surface area contributed by atoms with E-state index in [1.54, 1.807) is 31.4 Å². The first kappa shape index (κ1) is 31.2. The van der Waals surface area contributed by atoms with Crippen LogP contribution >= 0.6 is 0 Å². The van der Waals surface area contributed by atoms with Crippen molar-refractivity contribution in [2.75, 3.05) is 26.8 Å². The summed E-state index contributed by atoms with van der Waals surface area (Å²) in [5.41, 5.74) is 0.865. The standard InChI is InChI=1S/C29H40IN2O7S/c1-20(2)17-32(40(35,36)25-11-9-21(10-12-25)19-37-3)18-26(33)28(30-23-7-5-4-6-8-23)31-29(34)39-24-15-22-13-14-38-27(22)16-24/h4-12,20,22,24,26-28,33H,13-19H2,1-3H3,(H,31,34)/q-1/t22?,24-,26-,27-,28-/m1/s1. The number of nitrogens with zero attached hydrogens (tertiary/aromatic N) is 1. The molecule has 1 aliphatic carbocycles. The molecule has 4 rings (SSSR count). The van der Waals surface area contributed by atoms with Crippen molar-refractivity contribution < 1.29 is 53.7 Å². The summed E-state index contributed by atoms with van der Waals surface area (Å²) in [6.07, 6.45) is 0.661. The van der Waals surface area contributed by atoms with Gasteiger partial charge in [0, 0.05) is 0 Å². The topological polar surface area (TPSA) is 114 Å². The summed E-state index contributed by atoms with van der Waals surface area (Å²) in [6, 6.07) is 16.2. The maximum absolute atomic E-state index is 13.7. The van der Waals surface area contributed by atoms with Gasteiger partial charge >= 0.3 is 249 Å². The van der Waals surface area contributed by atoms with Crippen molar-refractivity contribution in [1.29, 1.82) is 0 Å². The van der Waals surface area contributed by atoms with Crippen LogP contribution in [0.15, 0.2) is 59.5 Å². The number of benzene rings is 2. The molecule has 0 radical (unpaired) electrons. The number of aliphatic hydroxyl groups is 1. The first-order valence-corrected chi connectivity index (χ1v) is 17.5. The summed E-state index contributed by atoms with van der Waals surface area (Å²) >= 11 is -0.918. The Morgan fingerprint density at radius 2 is 1.85 bits per heavy atom. The fourth-order valence-corrected chi connectivity index (χ4v) is 9.46. The van der Waals surface area contributed by atoms with Gasteiger partial charge in [-0.2, -0.15) is 0 Å². The Kier molecular flexibility index (Phi) is 11.2. The zero-order chi connectivity index (χ0) is 28.7. The molecule has 2 N–H and O–H groups in total. The number of nitrogens with one attached hydrogen (secondary N) is 1. The molecule has 0 spiro atoms.